The number of furan rings is 1. The highest BCUT2D eigenvalue weighted by Gasteiger charge is 2.21. The third-order valence-corrected chi connectivity index (χ3v) is 11.5. The number of nitrogens with zero attached hydrogens (tertiary/aromatic N) is 1. The standard InChI is InChI=1S/C56H37NO/c1-3-19-46-39(13-1)15-10-23-48(46)41-31-35-45(36-32-41)57(53-26-7-5-21-50(53)51-25-12-28-55-56(51)52-22-6-8-27-54(52)58-55)44-33-29-38(30-34-44)42-17-9-18-43(37-42)49-24-11-16-40-14-2-4-20-47(40)49/h1-37H. The lowest BCUT2D eigenvalue weighted by molar-refractivity contribution is 0.669. The van der Waals surface area contributed by atoms with Crippen LogP contribution >= 0.6 is 0 Å². The maximum absolute atomic E-state index is 6.37. The molecule has 1 heterocycles. The lowest BCUT2D eigenvalue weighted by Gasteiger charge is -2.28. The maximum atomic E-state index is 6.37. The van der Waals surface area contributed by atoms with Crippen LogP contribution in [0, 0.1) is 0 Å². The van der Waals surface area contributed by atoms with Crippen molar-refractivity contribution in [1.82, 2.24) is 0 Å². The molecule has 0 atom stereocenters. The Morgan fingerprint density at radius 3 is 1.50 bits per heavy atom. The molecule has 58 heavy (non-hydrogen) atoms. The fourth-order valence-electron chi connectivity index (χ4n) is 8.74. The highest BCUT2D eigenvalue weighted by molar-refractivity contribution is 6.14. The van der Waals surface area contributed by atoms with Crippen LogP contribution in [0.5, 0.6) is 0 Å². The summed E-state index contributed by atoms with van der Waals surface area (Å²) in [5.41, 5.74) is 14.5. The van der Waals surface area contributed by atoms with Crippen molar-refractivity contribution in [1.29, 1.82) is 0 Å². The SMILES string of the molecule is c1cc(-c2ccc(N(c3ccc(-c4cccc5ccccc45)cc3)c3ccccc3-c3cccc4oc5ccccc5c34)cc2)cc(-c2cccc3ccccc23)c1. The van der Waals surface area contributed by atoms with Gasteiger partial charge in [-0.15, -0.1) is 0 Å². The van der Waals surface area contributed by atoms with E-state index in [4.69, 9.17) is 4.42 Å². The molecule has 2 nitrogen and oxygen atoms in total. The summed E-state index contributed by atoms with van der Waals surface area (Å²) in [5, 5.41) is 7.24. The predicted molar refractivity (Wildman–Crippen MR) is 245 cm³/mol. The van der Waals surface area contributed by atoms with Gasteiger partial charge in [0.25, 0.3) is 0 Å². The van der Waals surface area contributed by atoms with Crippen LogP contribution in [0.15, 0.2) is 229 Å². The van der Waals surface area contributed by atoms with Crippen LogP contribution in [0.3, 0.4) is 0 Å². The molecular formula is C56H37NO. The quantitative estimate of drug-likeness (QED) is 0.162. The molecule has 0 saturated carbocycles. The summed E-state index contributed by atoms with van der Waals surface area (Å²) in [5.74, 6) is 0. The molecule has 11 aromatic rings. The van der Waals surface area contributed by atoms with E-state index in [0.717, 1.165) is 50.1 Å². The van der Waals surface area contributed by atoms with Crippen molar-refractivity contribution >= 4 is 60.5 Å². The summed E-state index contributed by atoms with van der Waals surface area (Å²) in [4.78, 5) is 2.39. The first-order valence-electron chi connectivity index (χ1n) is 19.8. The number of rotatable bonds is 7. The van der Waals surface area contributed by atoms with E-state index >= 15 is 0 Å². The van der Waals surface area contributed by atoms with Gasteiger partial charge in [-0.2, -0.15) is 0 Å². The van der Waals surface area contributed by atoms with E-state index < -0.39 is 0 Å². The molecule has 272 valence electrons. The smallest absolute Gasteiger partial charge is 0.136 e. The van der Waals surface area contributed by atoms with Crippen molar-refractivity contribution in [2.75, 3.05) is 4.90 Å². The van der Waals surface area contributed by atoms with Gasteiger partial charge in [0, 0.05) is 27.7 Å². The number of benzene rings is 10. The zero-order valence-electron chi connectivity index (χ0n) is 31.7. The first-order chi connectivity index (χ1) is 28.8. The number of hydrogen-bond donors (Lipinski definition) is 0. The van der Waals surface area contributed by atoms with E-state index in [1.165, 1.54) is 54.9 Å². The van der Waals surface area contributed by atoms with E-state index in [1.54, 1.807) is 0 Å². The third-order valence-electron chi connectivity index (χ3n) is 11.5. The maximum Gasteiger partial charge on any atom is 0.136 e. The minimum atomic E-state index is 0.884. The topological polar surface area (TPSA) is 16.4 Å². The number of hydrogen-bond acceptors (Lipinski definition) is 2. The molecule has 0 fully saturated rings. The first kappa shape index (κ1) is 33.6. The second-order valence-electron chi connectivity index (χ2n) is 14.9. The summed E-state index contributed by atoms with van der Waals surface area (Å²) in [6.07, 6.45) is 0. The van der Waals surface area contributed by atoms with Gasteiger partial charge in [0.05, 0.1) is 5.69 Å². The monoisotopic (exact) mass is 739 g/mol. The fraction of sp³-hybridized carbons (Fsp3) is 0. The Bertz CT molecular complexity index is 3270. The molecule has 0 spiro atoms. The summed E-state index contributed by atoms with van der Waals surface area (Å²) in [6, 6.07) is 80.7. The van der Waals surface area contributed by atoms with Gasteiger partial charge in [-0.1, -0.05) is 176 Å². The second kappa shape index (κ2) is 14.1. The Labute approximate surface area is 337 Å². The number of anilines is 3. The summed E-state index contributed by atoms with van der Waals surface area (Å²) < 4.78 is 6.37. The highest BCUT2D eigenvalue weighted by atomic mass is 16.3. The van der Waals surface area contributed by atoms with Crippen molar-refractivity contribution < 1.29 is 4.42 Å². The van der Waals surface area contributed by atoms with Gasteiger partial charge in [-0.3, -0.25) is 0 Å². The normalized spacial score (nSPS) is 11.4. The molecule has 0 bridgehead atoms. The Kier molecular flexibility index (Phi) is 8.19. The van der Waals surface area contributed by atoms with Crippen LogP contribution in [0.1, 0.15) is 0 Å². The minimum Gasteiger partial charge on any atom is -0.456 e. The molecule has 0 N–H and O–H groups in total. The van der Waals surface area contributed by atoms with Crippen molar-refractivity contribution in [3.8, 4) is 44.5 Å². The highest BCUT2D eigenvalue weighted by Crippen LogP contribution is 2.45. The van der Waals surface area contributed by atoms with E-state index in [-0.39, 0.29) is 0 Å². The molecule has 0 aliphatic heterocycles. The largest absolute Gasteiger partial charge is 0.456 e. The lowest BCUT2D eigenvalue weighted by atomic mass is 9.95. The third kappa shape index (κ3) is 5.82. The van der Waals surface area contributed by atoms with Gasteiger partial charge in [0.15, 0.2) is 0 Å². The zero-order valence-corrected chi connectivity index (χ0v) is 31.7. The Morgan fingerprint density at radius 2 is 0.776 bits per heavy atom. The van der Waals surface area contributed by atoms with Crippen LogP contribution in [-0.2, 0) is 0 Å². The van der Waals surface area contributed by atoms with Crippen LogP contribution in [-0.4, -0.2) is 0 Å². The molecule has 0 aliphatic carbocycles. The number of fused-ring (bicyclic) bond motifs is 5. The Hall–Kier alpha value is -7.68. The van der Waals surface area contributed by atoms with Crippen molar-refractivity contribution in [2.24, 2.45) is 0 Å². The molecule has 2 heteroatoms. The lowest BCUT2D eigenvalue weighted by Crippen LogP contribution is -2.11. The van der Waals surface area contributed by atoms with E-state index in [2.05, 4.69) is 217 Å². The van der Waals surface area contributed by atoms with Crippen molar-refractivity contribution in [3.63, 3.8) is 0 Å². The minimum absolute atomic E-state index is 0.884. The van der Waals surface area contributed by atoms with Crippen molar-refractivity contribution in [3.05, 3.63) is 224 Å². The molecule has 1 aromatic heterocycles. The van der Waals surface area contributed by atoms with Gasteiger partial charge in [-0.05, 0) is 109 Å². The molecule has 11 rings (SSSR count). The Morgan fingerprint density at radius 1 is 0.293 bits per heavy atom. The van der Waals surface area contributed by atoms with Gasteiger partial charge < -0.3 is 9.32 Å². The van der Waals surface area contributed by atoms with Crippen LogP contribution in [0.25, 0.3) is 88.0 Å². The average molecular weight is 740 g/mol. The fourth-order valence-corrected chi connectivity index (χ4v) is 8.74. The molecule has 0 radical (unpaired) electrons. The summed E-state index contributed by atoms with van der Waals surface area (Å²) in [7, 11) is 0. The van der Waals surface area contributed by atoms with E-state index in [1.807, 2.05) is 12.1 Å². The zero-order chi connectivity index (χ0) is 38.4. The molecule has 0 saturated heterocycles. The predicted octanol–water partition coefficient (Wildman–Crippen LogP) is 16.0. The van der Waals surface area contributed by atoms with E-state index in [9.17, 15) is 0 Å². The molecular weight excluding hydrogens is 703 g/mol. The van der Waals surface area contributed by atoms with Crippen LogP contribution < -0.4 is 4.90 Å². The summed E-state index contributed by atoms with van der Waals surface area (Å²) in [6.45, 7) is 0. The molecule has 0 unspecified atom stereocenters. The molecule has 0 amide bonds. The van der Waals surface area contributed by atoms with Gasteiger partial charge in [-0.25, -0.2) is 0 Å². The van der Waals surface area contributed by atoms with Crippen LogP contribution in [0.4, 0.5) is 17.1 Å². The van der Waals surface area contributed by atoms with Crippen molar-refractivity contribution in [2.45, 2.75) is 0 Å². The molecule has 0 aliphatic rings. The van der Waals surface area contributed by atoms with E-state index in [0.29, 0.717) is 0 Å². The van der Waals surface area contributed by atoms with Gasteiger partial charge >= 0.3 is 0 Å². The summed E-state index contributed by atoms with van der Waals surface area (Å²) >= 11 is 0. The average Bonchev–Trinajstić information content (AvgIpc) is 3.69. The second-order valence-corrected chi connectivity index (χ2v) is 14.9. The van der Waals surface area contributed by atoms with Crippen LogP contribution in [0.2, 0.25) is 0 Å². The molecule has 10 aromatic carbocycles. The Balaban J connectivity index is 1.04. The van der Waals surface area contributed by atoms with Gasteiger partial charge in [0.1, 0.15) is 11.2 Å². The van der Waals surface area contributed by atoms with Gasteiger partial charge in [0.2, 0.25) is 0 Å². The first-order valence-corrected chi connectivity index (χ1v) is 19.8. The number of para-hydroxylation sites is 2.